The summed E-state index contributed by atoms with van der Waals surface area (Å²) in [7, 11) is 0. The standard InChI is InChI=1S/C17H19NO/c1-12(15-7-4-5-9-17(15)19)18-11-14-10-13-6-2-3-8-16(13)14/h2-9,12,14,18-19H,10-11H2,1H3. The molecule has 2 N–H and O–H groups in total. The number of rotatable bonds is 4. The van der Waals surface area contributed by atoms with Crippen LogP contribution in [0.4, 0.5) is 0 Å². The third-order valence-electron chi connectivity index (χ3n) is 4.03. The molecule has 0 aromatic heterocycles. The van der Waals surface area contributed by atoms with Gasteiger partial charge in [0.25, 0.3) is 0 Å². The van der Waals surface area contributed by atoms with Crippen LogP contribution in [0.2, 0.25) is 0 Å². The molecule has 3 rings (SSSR count). The molecule has 0 saturated carbocycles. The van der Waals surface area contributed by atoms with Crippen LogP contribution in [0.1, 0.15) is 35.6 Å². The van der Waals surface area contributed by atoms with E-state index >= 15 is 0 Å². The first kappa shape index (κ1) is 12.2. The highest BCUT2D eigenvalue weighted by atomic mass is 16.3. The zero-order chi connectivity index (χ0) is 13.2. The van der Waals surface area contributed by atoms with Crippen LogP contribution in [-0.4, -0.2) is 11.7 Å². The summed E-state index contributed by atoms with van der Waals surface area (Å²) in [5, 5.41) is 13.4. The molecule has 0 aliphatic heterocycles. The van der Waals surface area contributed by atoms with Gasteiger partial charge < -0.3 is 10.4 Å². The van der Waals surface area contributed by atoms with Gasteiger partial charge in [-0.25, -0.2) is 0 Å². The highest BCUT2D eigenvalue weighted by Gasteiger charge is 2.25. The molecule has 0 bridgehead atoms. The normalized spacial score (nSPS) is 18.5. The van der Waals surface area contributed by atoms with Gasteiger partial charge in [0.1, 0.15) is 5.75 Å². The van der Waals surface area contributed by atoms with Crippen LogP contribution in [-0.2, 0) is 6.42 Å². The van der Waals surface area contributed by atoms with E-state index in [1.165, 1.54) is 11.1 Å². The molecule has 0 heterocycles. The largest absolute Gasteiger partial charge is 0.508 e. The van der Waals surface area contributed by atoms with Gasteiger partial charge in [-0.2, -0.15) is 0 Å². The van der Waals surface area contributed by atoms with Gasteiger partial charge in [-0.3, -0.25) is 0 Å². The minimum Gasteiger partial charge on any atom is -0.508 e. The van der Waals surface area contributed by atoms with Gasteiger partial charge in [0.15, 0.2) is 0 Å². The number of fused-ring (bicyclic) bond motifs is 1. The lowest BCUT2D eigenvalue weighted by atomic mass is 9.77. The monoisotopic (exact) mass is 253 g/mol. The van der Waals surface area contributed by atoms with E-state index in [9.17, 15) is 5.11 Å². The SMILES string of the molecule is CC(NCC1Cc2ccccc21)c1ccccc1O. The van der Waals surface area contributed by atoms with Gasteiger partial charge in [0.2, 0.25) is 0 Å². The smallest absolute Gasteiger partial charge is 0.120 e. The summed E-state index contributed by atoms with van der Waals surface area (Å²) in [6.45, 7) is 3.06. The van der Waals surface area contributed by atoms with Crippen molar-refractivity contribution in [2.75, 3.05) is 6.54 Å². The summed E-state index contributed by atoms with van der Waals surface area (Å²) < 4.78 is 0. The fourth-order valence-corrected chi connectivity index (χ4v) is 2.83. The molecule has 2 unspecified atom stereocenters. The van der Waals surface area contributed by atoms with Crippen molar-refractivity contribution in [1.82, 2.24) is 5.32 Å². The lowest BCUT2D eigenvalue weighted by molar-refractivity contribution is 0.441. The second-order valence-corrected chi connectivity index (χ2v) is 5.29. The predicted octanol–water partition coefficient (Wildman–Crippen LogP) is 3.38. The second-order valence-electron chi connectivity index (χ2n) is 5.29. The molecular weight excluding hydrogens is 234 g/mol. The molecule has 0 radical (unpaired) electrons. The molecule has 19 heavy (non-hydrogen) atoms. The van der Waals surface area contributed by atoms with E-state index in [0.717, 1.165) is 18.5 Å². The number of benzene rings is 2. The molecule has 0 amide bonds. The Morgan fingerprint density at radius 1 is 1.16 bits per heavy atom. The molecule has 2 aromatic rings. The minimum absolute atomic E-state index is 0.175. The van der Waals surface area contributed by atoms with Crippen molar-refractivity contribution in [2.24, 2.45) is 0 Å². The molecule has 2 nitrogen and oxygen atoms in total. The van der Waals surface area contributed by atoms with Crippen LogP contribution in [0.3, 0.4) is 0 Å². The lowest BCUT2D eigenvalue weighted by Crippen LogP contribution is -2.30. The first-order valence-corrected chi connectivity index (χ1v) is 6.85. The maximum absolute atomic E-state index is 9.84. The lowest BCUT2D eigenvalue weighted by Gasteiger charge is -2.31. The van der Waals surface area contributed by atoms with Crippen molar-refractivity contribution < 1.29 is 5.11 Å². The molecule has 2 heteroatoms. The predicted molar refractivity (Wildman–Crippen MR) is 77.4 cm³/mol. The van der Waals surface area contributed by atoms with Gasteiger partial charge in [-0.05, 0) is 30.5 Å². The quantitative estimate of drug-likeness (QED) is 0.875. The van der Waals surface area contributed by atoms with E-state index in [4.69, 9.17) is 0 Å². The van der Waals surface area contributed by atoms with Crippen LogP contribution in [0.15, 0.2) is 48.5 Å². The van der Waals surface area contributed by atoms with E-state index in [1.807, 2.05) is 18.2 Å². The third kappa shape index (κ3) is 2.36. The van der Waals surface area contributed by atoms with Gasteiger partial charge in [0.05, 0.1) is 0 Å². The van der Waals surface area contributed by atoms with Gasteiger partial charge in [-0.1, -0.05) is 42.5 Å². The minimum atomic E-state index is 0.175. The number of phenols is 1. The Balaban J connectivity index is 1.61. The first-order chi connectivity index (χ1) is 9.25. The molecule has 2 atom stereocenters. The molecule has 0 saturated heterocycles. The van der Waals surface area contributed by atoms with Crippen molar-refractivity contribution >= 4 is 0 Å². The maximum atomic E-state index is 9.84. The van der Waals surface area contributed by atoms with E-state index in [1.54, 1.807) is 6.07 Å². The average molecular weight is 253 g/mol. The van der Waals surface area contributed by atoms with Crippen molar-refractivity contribution in [2.45, 2.75) is 25.3 Å². The third-order valence-corrected chi connectivity index (χ3v) is 4.03. The Morgan fingerprint density at radius 2 is 1.89 bits per heavy atom. The fourth-order valence-electron chi connectivity index (χ4n) is 2.83. The topological polar surface area (TPSA) is 32.3 Å². The van der Waals surface area contributed by atoms with Crippen LogP contribution >= 0.6 is 0 Å². The molecule has 98 valence electrons. The van der Waals surface area contributed by atoms with E-state index in [2.05, 4.69) is 36.5 Å². The number of aromatic hydroxyl groups is 1. The van der Waals surface area contributed by atoms with Gasteiger partial charge in [0, 0.05) is 24.1 Å². The highest BCUT2D eigenvalue weighted by molar-refractivity contribution is 5.40. The number of phenolic OH excluding ortho intramolecular Hbond substituents is 1. The Morgan fingerprint density at radius 3 is 2.68 bits per heavy atom. The Hall–Kier alpha value is -1.80. The Kier molecular flexibility index (Phi) is 3.26. The van der Waals surface area contributed by atoms with Crippen LogP contribution in [0, 0.1) is 0 Å². The van der Waals surface area contributed by atoms with E-state index in [-0.39, 0.29) is 6.04 Å². The number of hydrogen-bond donors (Lipinski definition) is 2. The zero-order valence-electron chi connectivity index (χ0n) is 11.1. The summed E-state index contributed by atoms with van der Waals surface area (Å²) in [5.41, 5.74) is 3.92. The van der Waals surface area contributed by atoms with Crippen molar-refractivity contribution in [3.63, 3.8) is 0 Å². The zero-order valence-corrected chi connectivity index (χ0v) is 11.1. The summed E-state index contributed by atoms with van der Waals surface area (Å²) in [5.74, 6) is 0.987. The first-order valence-electron chi connectivity index (χ1n) is 6.85. The molecule has 2 aromatic carbocycles. The van der Waals surface area contributed by atoms with Crippen molar-refractivity contribution in [3.05, 3.63) is 65.2 Å². The van der Waals surface area contributed by atoms with Crippen LogP contribution in [0.5, 0.6) is 5.75 Å². The maximum Gasteiger partial charge on any atom is 0.120 e. The Labute approximate surface area is 114 Å². The summed E-state index contributed by atoms with van der Waals surface area (Å²) >= 11 is 0. The molecular formula is C17H19NO. The van der Waals surface area contributed by atoms with Crippen LogP contribution in [0.25, 0.3) is 0 Å². The summed E-state index contributed by atoms with van der Waals surface area (Å²) in [6.07, 6.45) is 1.16. The summed E-state index contributed by atoms with van der Waals surface area (Å²) in [4.78, 5) is 0. The van der Waals surface area contributed by atoms with Gasteiger partial charge >= 0.3 is 0 Å². The van der Waals surface area contributed by atoms with Crippen LogP contribution < -0.4 is 5.32 Å². The molecule has 1 aliphatic carbocycles. The van der Waals surface area contributed by atoms with Crippen molar-refractivity contribution in [1.29, 1.82) is 0 Å². The highest BCUT2D eigenvalue weighted by Crippen LogP contribution is 2.34. The fraction of sp³-hybridized carbons (Fsp3) is 0.294. The number of nitrogens with one attached hydrogen (secondary N) is 1. The van der Waals surface area contributed by atoms with E-state index in [0.29, 0.717) is 11.7 Å². The molecule has 1 aliphatic rings. The number of hydrogen-bond acceptors (Lipinski definition) is 2. The van der Waals surface area contributed by atoms with Crippen molar-refractivity contribution in [3.8, 4) is 5.75 Å². The molecule has 0 fully saturated rings. The Bertz CT molecular complexity index is 579. The van der Waals surface area contributed by atoms with Gasteiger partial charge in [-0.15, -0.1) is 0 Å². The second kappa shape index (κ2) is 5.06. The molecule has 0 spiro atoms. The summed E-state index contributed by atoms with van der Waals surface area (Å²) in [6, 6.07) is 16.3. The van der Waals surface area contributed by atoms with E-state index < -0.39 is 0 Å². The number of para-hydroxylation sites is 1. The average Bonchev–Trinajstić information content (AvgIpc) is 2.40.